The lowest BCUT2D eigenvalue weighted by Crippen LogP contribution is -1.76. The summed E-state index contributed by atoms with van der Waals surface area (Å²) in [7, 11) is 0.371. The molecule has 1 unspecified atom stereocenters. The van der Waals surface area contributed by atoms with Crippen LogP contribution in [0.25, 0.3) is 0 Å². The monoisotopic (exact) mass is 134 g/mol. The van der Waals surface area contributed by atoms with Crippen LogP contribution in [-0.2, 0) is 9.32 Å². The number of rotatable bonds is 5. The lowest BCUT2D eigenvalue weighted by molar-refractivity contribution is -0.119. The van der Waals surface area contributed by atoms with Gasteiger partial charge >= 0.3 is 0 Å². The van der Waals surface area contributed by atoms with Crippen LogP contribution in [0.3, 0.4) is 0 Å². The van der Waals surface area contributed by atoms with Crippen molar-refractivity contribution >= 4 is 15.3 Å². The van der Waals surface area contributed by atoms with E-state index >= 15 is 0 Å². The van der Waals surface area contributed by atoms with Gasteiger partial charge in [0, 0.05) is 6.16 Å². The van der Waals surface area contributed by atoms with E-state index in [0.717, 1.165) is 12.6 Å². The molecule has 0 aliphatic rings. The Kier molecular flexibility index (Phi) is 6.81. The Hall–Kier alpha value is -0.100. The van der Waals surface area contributed by atoms with Crippen LogP contribution in [0.15, 0.2) is 0 Å². The van der Waals surface area contributed by atoms with Crippen molar-refractivity contribution < 1.29 is 9.32 Å². The summed E-state index contributed by atoms with van der Waals surface area (Å²) in [6.07, 6.45) is 3.36. The molecule has 0 radical (unpaired) electrons. The molecule has 0 amide bonds. The molecule has 0 saturated heterocycles. The smallest absolute Gasteiger partial charge is 0.295 e. The Labute approximate surface area is 51.5 Å². The second-order valence-corrected chi connectivity index (χ2v) is 2.49. The van der Waals surface area contributed by atoms with E-state index in [1.807, 2.05) is 0 Å². The van der Waals surface area contributed by atoms with Gasteiger partial charge in [0.25, 0.3) is 6.47 Å². The van der Waals surface area contributed by atoms with Crippen LogP contribution in [0, 0.1) is 0 Å². The molecular weight excluding hydrogens is 123 g/mol. The van der Waals surface area contributed by atoms with Gasteiger partial charge in [-0.2, -0.15) is 0 Å². The minimum Gasteiger partial charge on any atom is -0.450 e. The largest absolute Gasteiger partial charge is 0.450 e. The maximum Gasteiger partial charge on any atom is 0.295 e. The Morgan fingerprint density at radius 2 is 2.50 bits per heavy atom. The number of hydrogen-bond donors (Lipinski definition) is 0. The van der Waals surface area contributed by atoms with Crippen molar-refractivity contribution in [3.63, 3.8) is 0 Å². The average molecular weight is 134 g/mol. The molecule has 0 rings (SSSR count). The first-order chi connectivity index (χ1) is 3.91. The van der Waals surface area contributed by atoms with Crippen LogP contribution in [0.1, 0.15) is 19.8 Å². The Morgan fingerprint density at radius 1 is 1.75 bits per heavy atom. The molecule has 2 nitrogen and oxygen atoms in total. The summed E-state index contributed by atoms with van der Waals surface area (Å²) in [5.41, 5.74) is 0. The SMILES string of the molecule is CCCCPOC=O. The lowest BCUT2D eigenvalue weighted by Gasteiger charge is -1.93. The van der Waals surface area contributed by atoms with E-state index in [0.29, 0.717) is 15.3 Å². The number of hydrogen-bond acceptors (Lipinski definition) is 2. The van der Waals surface area contributed by atoms with Crippen molar-refractivity contribution in [2.45, 2.75) is 19.8 Å². The van der Waals surface area contributed by atoms with Gasteiger partial charge in [-0.3, -0.25) is 4.79 Å². The average Bonchev–Trinajstić information content (AvgIpc) is 1.81. The molecule has 1 atom stereocenters. The van der Waals surface area contributed by atoms with Gasteiger partial charge in [0.2, 0.25) is 0 Å². The molecule has 0 N–H and O–H groups in total. The molecule has 0 aromatic carbocycles. The van der Waals surface area contributed by atoms with Crippen molar-refractivity contribution in [2.24, 2.45) is 0 Å². The van der Waals surface area contributed by atoms with E-state index in [1.54, 1.807) is 0 Å². The maximum absolute atomic E-state index is 9.55. The summed E-state index contributed by atoms with van der Waals surface area (Å²) in [4.78, 5) is 9.55. The quantitative estimate of drug-likeness (QED) is 0.324. The third-order valence-corrected chi connectivity index (χ3v) is 1.58. The second-order valence-electron chi connectivity index (χ2n) is 1.46. The fraction of sp³-hybridized carbons (Fsp3) is 0.800. The van der Waals surface area contributed by atoms with Gasteiger partial charge in [0.1, 0.15) is 0 Å². The zero-order valence-corrected chi connectivity index (χ0v) is 6.02. The summed E-state index contributed by atoms with van der Waals surface area (Å²) < 4.78 is 4.48. The first kappa shape index (κ1) is 7.90. The van der Waals surface area contributed by atoms with E-state index in [2.05, 4.69) is 11.4 Å². The summed E-state index contributed by atoms with van der Waals surface area (Å²) >= 11 is 0. The molecule has 8 heavy (non-hydrogen) atoms. The minimum absolute atomic E-state index is 0.371. The van der Waals surface area contributed by atoms with Gasteiger partial charge in [0.05, 0.1) is 8.81 Å². The third kappa shape index (κ3) is 5.90. The molecule has 0 aliphatic heterocycles. The molecule has 0 aliphatic carbocycles. The lowest BCUT2D eigenvalue weighted by atomic mass is 10.4. The molecular formula is C5H11O2P. The van der Waals surface area contributed by atoms with E-state index in [1.165, 1.54) is 6.42 Å². The Bertz CT molecular complexity index is 56.4. The standard InChI is InChI=1S/C5H11O2P/c1-2-3-4-8-7-5-6/h5,8H,2-4H2,1H3. The van der Waals surface area contributed by atoms with Gasteiger partial charge < -0.3 is 4.52 Å². The van der Waals surface area contributed by atoms with E-state index in [-0.39, 0.29) is 0 Å². The molecule has 0 aromatic heterocycles. The third-order valence-electron chi connectivity index (χ3n) is 0.764. The Balaban J connectivity index is 2.62. The summed E-state index contributed by atoms with van der Waals surface area (Å²) in [5, 5.41) is 0. The van der Waals surface area contributed by atoms with Gasteiger partial charge in [-0.15, -0.1) is 0 Å². The first-order valence-electron chi connectivity index (χ1n) is 2.74. The van der Waals surface area contributed by atoms with Crippen molar-refractivity contribution in [2.75, 3.05) is 6.16 Å². The van der Waals surface area contributed by atoms with E-state index in [9.17, 15) is 4.79 Å². The topological polar surface area (TPSA) is 26.3 Å². The fourth-order valence-electron chi connectivity index (χ4n) is 0.342. The normalized spacial score (nSPS) is 10.1. The Morgan fingerprint density at radius 3 is 3.00 bits per heavy atom. The highest BCUT2D eigenvalue weighted by atomic mass is 31.1. The molecule has 0 spiro atoms. The number of carbonyl (C=O) groups excluding carboxylic acids is 1. The number of unbranched alkanes of at least 4 members (excludes halogenated alkanes) is 1. The highest BCUT2D eigenvalue weighted by Crippen LogP contribution is 2.11. The van der Waals surface area contributed by atoms with Crippen LogP contribution in [0.5, 0.6) is 0 Å². The predicted molar refractivity (Wildman–Crippen MR) is 35.2 cm³/mol. The molecule has 0 bridgehead atoms. The van der Waals surface area contributed by atoms with Gasteiger partial charge in [-0.05, 0) is 6.42 Å². The van der Waals surface area contributed by atoms with Crippen LogP contribution in [0.4, 0.5) is 0 Å². The minimum atomic E-state index is 0.371. The zero-order valence-electron chi connectivity index (χ0n) is 5.02. The van der Waals surface area contributed by atoms with E-state index < -0.39 is 0 Å². The molecule has 0 saturated carbocycles. The fourth-order valence-corrected chi connectivity index (χ4v) is 1.03. The van der Waals surface area contributed by atoms with Crippen molar-refractivity contribution in [1.29, 1.82) is 0 Å². The van der Waals surface area contributed by atoms with Crippen LogP contribution in [0.2, 0.25) is 0 Å². The molecule has 0 aromatic rings. The molecule has 0 heterocycles. The van der Waals surface area contributed by atoms with Gasteiger partial charge in [0.15, 0.2) is 0 Å². The number of carbonyl (C=O) groups is 1. The highest BCUT2D eigenvalue weighted by Gasteiger charge is 1.82. The van der Waals surface area contributed by atoms with Crippen LogP contribution in [-0.4, -0.2) is 12.6 Å². The van der Waals surface area contributed by atoms with Crippen LogP contribution >= 0.6 is 8.81 Å². The van der Waals surface area contributed by atoms with Crippen LogP contribution < -0.4 is 0 Å². The van der Waals surface area contributed by atoms with E-state index in [4.69, 9.17) is 0 Å². The predicted octanol–water partition coefficient (Wildman–Crippen LogP) is 1.55. The molecule has 3 heteroatoms. The van der Waals surface area contributed by atoms with Gasteiger partial charge in [-0.25, -0.2) is 0 Å². The van der Waals surface area contributed by atoms with Crippen molar-refractivity contribution in [3.8, 4) is 0 Å². The molecule has 48 valence electrons. The van der Waals surface area contributed by atoms with Gasteiger partial charge in [-0.1, -0.05) is 13.3 Å². The first-order valence-corrected chi connectivity index (χ1v) is 3.85. The summed E-state index contributed by atoms with van der Waals surface area (Å²) in [6, 6.07) is 0. The van der Waals surface area contributed by atoms with Crippen molar-refractivity contribution in [3.05, 3.63) is 0 Å². The second kappa shape index (κ2) is 6.90. The maximum atomic E-state index is 9.55. The summed E-state index contributed by atoms with van der Waals surface area (Å²) in [6.45, 7) is 2.62. The zero-order chi connectivity index (χ0) is 6.24. The highest BCUT2D eigenvalue weighted by molar-refractivity contribution is 7.32. The summed E-state index contributed by atoms with van der Waals surface area (Å²) in [5.74, 6) is 0. The van der Waals surface area contributed by atoms with Crippen molar-refractivity contribution in [1.82, 2.24) is 0 Å². The molecule has 0 fully saturated rings.